The maximum absolute atomic E-state index is 11.0. The standard InChI is InChI=1S/C13H20N2O2S/c1-3-15(4-2)8-9-18-11-7-5-6-10(12(11)14)13(16)17/h5-7H,3-4,8-9,14H2,1-2H3,(H,16,17). The fourth-order valence-corrected chi connectivity index (χ4v) is 2.69. The summed E-state index contributed by atoms with van der Waals surface area (Å²) >= 11 is 1.61. The number of carboxylic acid groups (broad SMARTS) is 1. The van der Waals surface area contributed by atoms with E-state index < -0.39 is 5.97 Å². The fourth-order valence-electron chi connectivity index (χ4n) is 1.68. The Labute approximate surface area is 112 Å². The van der Waals surface area contributed by atoms with E-state index >= 15 is 0 Å². The van der Waals surface area contributed by atoms with Crippen LogP contribution in [-0.4, -0.2) is 41.4 Å². The van der Waals surface area contributed by atoms with E-state index in [1.165, 1.54) is 6.07 Å². The van der Waals surface area contributed by atoms with Crippen molar-refractivity contribution in [2.24, 2.45) is 0 Å². The summed E-state index contributed by atoms with van der Waals surface area (Å²) in [4.78, 5) is 14.1. The molecule has 0 unspecified atom stereocenters. The zero-order valence-corrected chi connectivity index (χ0v) is 11.7. The van der Waals surface area contributed by atoms with Gasteiger partial charge in [-0.25, -0.2) is 4.79 Å². The van der Waals surface area contributed by atoms with Gasteiger partial charge in [0.05, 0.1) is 11.3 Å². The molecule has 0 aliphatic heterocycles. The van der Waals surface area contributed by atoms with Crippen molar-refractivity contribution in [3.63, 3.8) is 0 Å². The van der Waals surface area contributed by atoms with Crippen LogP contribution in [0.15, 0.2) is 23.1 Å². The molecule has 0 saturated carbocycles. The maximum Gasteiger partial charge on any atom is 0.337 e. The molecule has 0 aromatic heterocycles. The number of carbonyl (C=O) groups is 1. The van der Waals surface area contributed by atoms with Crippen molar-refractivity contribution < 1.29 is 9.90 Å². The molecule has 18 heavy (non-hydrogen) atoms. The molecule has 1 aromatic carbocycles. The van der Waals surface area contributed by atoms with Gasteiger partial charge >= 0.3 is 5.97 Å². The third kappa shape index (κ3) is 3.92. The Morgan fingerprint density at radius 2 is 2.06 bits per heavy atom. The highest BCUT2D eigenvalue weighted by Crippen LogP contribution is 2.27. The molecule has 0 fully saturated rings. The van der Waals surface area contributed by atoms with Gasteiger partial charge in [0.25, 0.3) is 0 Å². The number of nitrogens with two attached hydrogens (primary N) is 1. The molecule has 0 atom stereocenters. The molecule has 0 amide bonds. The lowest BCUT2D eigenvalue weighted by atomic mass is 10.2. The molecule has 0 aliphatic rings. The number of para-hydroxylation sites is 1. The van der Waals surface area contributed by atoms with Crippen LogP contribution in [0.5, 0.6) is 0 Å². The van der Waals surface area contributed by atoms with Crippen molar-refractivity contribution in [3.05, 3.63) is 23.8 Å². The normalized spacial score (nSPS) is 10.8. The Morgan fingerprint density at radius 1 is 1.39 bits per heavy atom. The first-order valence-corrected chi connectivity index (χ1v) is 7.05. The number of anilines is 1. The van der Waals surface area contributed by atoms with Gasteiger partial charge in [0.2, 0.25) is 0 Å². The van der Waals surface area contributed by atoms with Crippen LogP contribution in [0.4, 0.5) is 5.69 Å². The summed E-state index contributed by atoms with van der Waals surface area (Å²) in [6.07, 6.45) is 0. The molecule has 1 rings (SSSR count). The summed E-state index contributed by atoms with van der Waals surface area (Å²) in [7, 11) is 0. The van der Waals surface area contributed by atoms with Gasteiger partial charge in [-0.05, 0) is 25.2 Å². The minimum atomic E-state index is -0.973. The number of rotatable bonds is 7. The van der Waals surface area contributed by atoms with Gasteiger partial charge in [-0.1, -0.05) is 19.9 Å². The Morgan fingerprint density at radius 3 is 2.61 bits per heavy atom. The van der Waals surface area contributed by atoms with Crippen LogP contribution < -0.4 is 5.73 Å². The molecule has 1 aromatic rings. The molecule has 100 valence electrons. The van der Waals surface area contributed by atoms with E-state index in [4.69, 9.17) is 10.8 Å². The second-order valence-electron chi connectivity index (χ2n) is 3.90. The Kier molecular flexibility index (Phi) is 6.01. The SMILES string of the molecule is CCN(CC)CCSc1cccc(C(=O)O)c1N. The predicted octanol–water partition coefficient (Wildman–Crippen LogP) is 2.40. The predicted molar refractivity (Wildman–Crippen MR) is 76.3 cm³/mol. The minimum absolute atomic E-state index is 0.183. The molecule has 3 N–H and O–H groups in total. The van der Waals surface area contributed by atoms with Crippen LogP contribution in [0.3, 0.4) is 0 Å². The van der Waals surface area contributed by atoms with Crippen molar-refractivity contribution in [3.8, 4) is 0 Å². The van der Waals surface area contributed by atoms with Gasteiger partial charge in [-0.3, -0.25) is 0 Å². The molecule has 0 spiro atoms. The number of nitrogen functional groups attached to an aromatic ring is 1. The van der Waals surface area contributed by atoms with Gasteiger partial charge in [0.1, 0.15) is 0 Å². The monoisotopic (exact) mass is 268 g/mol. The lowest BCUT2D eigenvalue weighted by molar-refractivity contribution is 0.0698. The zero-order valence-electron chi connectivity index (χ0n) is 10.8. The van der Waals surface area contributed by atoms with Gasteiger partial charge in [0, 0.05) is 17.2 Å². The first kappa shape index (κ1) is 14.9. The van der Waals surface area contributed by atoms with Crippen molar-refractivity contribution >= 4 is 23.4 Å². The van der Waals surface area contributed by atoms with Crippen LogP contribution in [0, 0.1) is 0 Å². The average Bonchev–Trinajstić information content (AvgIpc) is 2.36. The molecule has 4 nitrogen and oxygen atoms in total. The Hall–Kier alpha value is -1.20. The molecule has 0 bridgehead atoms. The quantitative estimate of drug-likeness (QED) is 0.587. The first-order valence-electron chi connectivity index (χ1n) is 6.07. The third-order valence-electron chi connectivity index (χ3n) is 2.86. The summed E-state index contributed by atoms with van der Waals surface area (Å²) < 4.78 is 0. The highest BCUT2D eigenvalue weighted by Gasteiger charge is 2.11. The molecule has 0 saturated heterocycles. The molecular formula is C13H20N2O2S. The number of hydrogen-bond donors (Lipinski definition) is 2. The summed E-state index contributed by atoms with van der Waals surface area (Å²) in [6, 6.07) is 5.14. The van der Waals surface area contributed by atoms with E-state index in [0.717, 1.165) is 30.3 Å². The zero-order chi connectivity index (χ0) is 13.5. The molecule has 0 heterocycles. The van der Waals surface area contributed by atoms with Gasteiger partial charge in [0.15, 0.2) is 0 Å². The van der Waals surface area contributed by atoms with Crippen LogP contribution in [-0.2, 0) is 0 Å². The maximum atomic E-state index is 11.0. The van der Waals surface area contributed by atoms with Gasteiger partial charge < -0.3 is 15.7 Å². The molecule has 0 radical (unpaired) electrons. The first-order chi connectivity index (χ1) is 8.60. The Balaban J connectivity index is 2.63. The number of benzene rings is 1. The van der Waals surface area contributed by atoms with E-state index in [0.29, 0.717) is 5.69 Å². The number of hydrogen-bond acceptors (Lipinski definition) is 4. The number of aromatic carboxylic acids is 1. The van der Waals surface area contributed by atoms with Crippen LogP contribution in [0.2, 0.25) is 0 Å². The lowest BCUT2D eigenvalue weighted by Crippen LogP contribution is -2.25. The largest absolute Gasteiger partial charge is 0.478 e. The summed E-state index contributed by atoms with van der Waals surface area (Å²) in [6.45, 7) is 7.30. The molecule has 0 aliphatic carbocycles. The van der Waals surface area contributed by atoms with Crippen molar-refractivity contribution in [1.82, 2.24) is 4.90 Å². The van der Waals surface area contributed by atoms with E-state index in [2.05, 4.69) is 18.7 Å². The summed E-state index contributed by atoms with van der Waals surface area (Å²) in [5.41, 5.74) is 6.40. The van der Waals surface area contributed by atoms with Crippen molar-refractivity contribution in [1.29, 1.82) is 0 Å². The fraction of sp³-hybridized carbons (Fsp3) is 0.462. The highest BCUT2D eigenvalue weighted by molar-refractivity contribution is 7.99. The number of nitrogens with zero attached hydrogens (tertiary/aromatic N) is 1. The minimum Gasteiger partial charge on any atom is -0.478 e. The van der Waals surface area contributed by atoms with Crippen LogP contribution in [0.1, 0.15) is 24.2 Å². The summed E-state index contributed by atoms with van der Waals surface area (Å²) in [5.74, 6) is -0.0618. The van der Waals surface area contributed by atoms with Crippen LogP contribution in [0.25, 0.3) is 0 Å². The second-order valence-corrected chi connectivity index (χ2v) is 5.03. The van der Waals surface area contributed by atoms with Crippen molar-refractivity contribution in [2.45, 2.75) is 18.7 Å². The highest BCUT2D eigenvalue weighted by atomic mass is 32.2. The number of thioether (sulfide) groups is 1. The van der Waals surface area contributed by atoms with E-state index in [1.54, 1.807) is 17.8 Å². The van der Waals surface area contributed by atoms with Crippen molar-refractivity contribution in [2.75, 3.05) is 31.1 Å². The smallest absolute Gasteiger partial charge is 0.337 e. The van der Waals surface area contributed by atoms with Crippen LogP contribution >= 0.6 is 11.8 Å². The molecular weight excluding hydrogens is 248 g/mol. The molecule has 5 heteroatoms. The number of carboxylic acids is 1. The van der Waals surface area contributed by atoms with E-state index in [1.807, 2.05) is 6.07 Å². The average molecular weight is 268 g/mol. The topological polar surface area (TPSA) is 66.6 Å². The Bertz CT molecular complexity index is 406. The van der Waals surface area contributed by atoms with E-state index in [-0.39, 0.29) is 5.56 Å². The lowest BCUT2D eigenvalue weighted by Gasteiger charge is -2.17. The second kappa shape index (κ2) is 7.28. The van der Waals surface area contributed by atoms with Gasteiger partial charge in [-0.2, -0.15) is 0 Å². The summed E-state index contributed by atoms with van der Waals surface area (Å²) in [5, 5.41) is 8.98. The van der Waals surface area contributed by atoms with Gasteiger partial charge in [-0.15, -0.1) is 11.8 Å². The third-order valence-corrected chi connectivity index (χ3v) is 3.91. The van der Waals surface area contributed by atoms with E-state index in [9.17, 15) is 4.79 Å².